The summed E-state index contributed by atoms with van der Waals surface area (Å²) in [6.07, 6.45) is 0. The molecule has 0 N–H and O–H groups in total. The van der Waals surface area contributed by atoms with Crippen LogP contribution in [0.1, 0.15) is 11.1 Å². The fourth-order valence-corrected chi connectivity index (χ4v) is 1.52. The van der Waals surface area contributed by atoms with Gasteiger partial charge in [0.1, 0.15) is 18.1 Å². The molecule has 0 saturated heterocycles. The second-order valence-electron chi connectivity index (χ2n) is 3.95. The average molecular weight is 228 g/mol. The summed E-state index contributed by atoms with van der Waals surface area (Å²) in [7, 11) is 1.65. The van der Waals surface area contributed by atoms with Gasteiger partial charge < -0.3 is 9.47 Å². The quantitative estimate of drug-likeness (QED) is 0.796. The van der Waals surface area contributed by atoms with Gasteiger partial charge >= 0.3 is 0 Å². The Labute approximate surface area is 102 Å². The van der Waals surface area contributed by atoms with Gasteiger partial charge in [0.25, 0.3) is 0 Å². The fraction of sp³-hybridized carbons (Fsp3) is 0.200. The van der Waals surface area contributed by atoms with Gasteiger partial charge in [0, 0.05) is 0 Å². The highest BCUT2D eigenvalue weighted by atomic mass is 16.5. The fourth-order valence-electron chi connectivity index (χ4n) is 1.52. The second kappa shape index (κ2) is 5.39. The molecule has 2 heteroatoms. The Morgan fingerprint density at radius 1 is 0.824 bits per heavy atom. The van der Waals surface area contributed by atoms with Gasteiger partial charge in [-0.3, -0.25) is 0 Å². The van der Waals surface area contributed by atoms with Gasteiger partial charge in [-0.2, -0.15) is 0 Å². The minimum Gasteiger partial charge on any atom is -0.497 e. The van der Waals surface area contributed by atoms with E-state index in [1.807, 2.05) is 24.3 Å². The van der Waals surface area contributed by atoms with E-state index in [1.165, 1.54) is 11.1 Å². The summed E-state index contributed by atoms with van der Waals surface area (Å²) in [5.41, 5.74) is 2.43. The van der Waals surface area contributed by atoms with Crippen LogP contribution in [-0.4, -0.2) is 7.11 Å². The predicted molar refractivity (Wildman–Crippen MR) is 68.5 cm³/mol. The molecule has 0 bridgehead atoms. The molecule has 0 fully saturated rings. The van der Waals surface area contributed by atoms with Crippen LogP contribution >= 0.6 is 0 Å². The lowest BCUT2D eigenvalue weighted by Crippen LogP contribution is -1.95. The highest BCUT2D eigenvalue weighted by molar-refractivity contribution is 5.31. The molecule has 88 valence electrons. The highest BCUT2D eigenvalue weighted by Crippen LogP contribution is 2.18. The zero-order chi connectivity index (χ0) is 12.1. The third-order valence-electron chi connectivity index (χ3n) is 2.59. The third kappa shape index (κ3) is 3.25. The van der Waals surface area contributed by atoms with E-state index in [0.717, 1.165) is 11.5 Å². The maximum atomic E-state index is 5.68. The van der Waals surface area contributed by atoms with Crippen LogP contribution in [0.5, 0.6) is 11.5 Å². The van der Waals surface area contributed by atoms with Gasteiger partial charge in [0.15, 0.2) is 0 Å². The molecule has 0 aromatic heterocycles. The molecule has 2 nitrogen and oxygen atoms in total. The van der Waals surface area contributed by atoms with Crippen LogP contribution in [0.4, 0.5) is 0 Å². The molecule has 0 saturated carbocycles. The number of rotatable bonds is 4. The summed E-state index contributed by atoms with van der Waals surface area (Å²) >= 11 is 0. The van der Waals surface area contributed by atoms with Crippen molar-refractivity contribution in [1.29, 1.82) is 0 Å². The summed E-state index contributed by atoms with van der Waals surface area (Å²) in [5, 5.41) is 0. The van der Waals surface area contributed by atoms with Crippen LogP contribution in [0.15, 0.2) is 48.5 Å². The van der Waals surface area contributed by atoms with Crippen LogP contribution < -0.4 is 9.47 Å². The first kappa shape index (κ1) is 11.5. The van der Waals surface area contributed by atoms with Crippen LogP contribution in [0.2, 0.25) is 0 Å². The van der Waals surface area contributed by atoms with Gasteiger partial charge in [0.05, 0.1) is 7.11 Å². The number of benzene rings is 2. The molecule has 2 aromatic carbocycles. The normalized spacial score (nSPS) is 10.0. The Morgan fingerprint density at radius 3 is 2.00 bits per heavy atom. The molecule has 0 spiro atoms. The number of methoxy groups -OCH3 is 1. The Morgan fingerprint density at radius 2 is 1.41 bits per heavy atom. The number of aryl methyl sites for hydroxylation is 1. The monoisotopic (exact) mass is 228 g/mol. The average Bonchev–Trinajstić information content (AvgIpc) is 2.39. The largest absolute Gasteiger partial charge is 0.497 e. The van der Waals surface area contributed by atoms with Crippen molar-refractivity contribution < 1.29 is 9.47 Å². The number of hydrogen-bond donors (Lipinski definition) is 0. The summed E-state index contributed by atoms with van der Waals surface area (Å²) in [6.45, 7) is 2.67. The lowest BCUT2D eigenvalue weighted by atomic mass is 10.2. The van der Waals surface area contributed by atoms with E-state index in [2.05, 4.69) is 31.2 Å². The van der Waals surface area contributed by atoms with E-state index in [4.69, 9.17) is 9.47 Å². The first-order valence-corrected chi connectivity index (χ1v) is 5.60. The van der Waals surface area contributed by atoms with Crippen molar-refractivity contribution in [2.24, 2.45) is 0 Å². The molecule has 0 atom stereocenters. The molecule has 0 amide bonds. The standard InChI is InChI=1S/C15H16O2/c1-12-3-5-13(6-4-12)11-17-15-9-7-14(16-2)8-10-15/h3-10H,11H2,1-2H3. The lowest BCUT2D eigenvalue weighted by molar-refractivity contribution is 0.305. The van der Waals surface area contributed by atoms with Gasteiger partial charge in [-0.05, 0) is 36.8 Å². The van der Waals surface area contributed by atoms with Crippen molar-refractivity contribution >= 4 is 0 Å². The Balaban J connectivity index is 1.95. The second-order valence-corrected chi connectivity index (χ2v) is 3.95. The topological polar surface area (TPSA) is 18.5 Å². The maximum Gasteiger partial charge on any atom is 0.120 e. The molecular weight excluding hydrogens is 212 g/mol. The molecule has 0 aliphatic heterocycles. The number of hydrogen-bond acceptors (Lipinski definition) is 2. The molecule has 2 rings (SSSR count). The molecule has 17 heavy (non-hydrogen) atoms. The first-order chi connectivity index (χ1) is 8.28. The van der Waals surface area contributed by atoms with E-state index < -0.39 is 0 Å². The molecule has 0 unspecified atom stereocenters. The highest BCUT2D eigenvalue weighted by Gasteiger charge is 1.96. The van der Waals surface area contributed by atoms with Crippen molar-refractivity contribution in [3.8, 4) is 11.5 Å². The predicted octanol–water partition coefficient (Wildman–Crippen LogP) is 3.58. The minimum atomic E-state index is 0.590. The van der Waals surface area contributed by atoms with Crippen molar-refractivity contribution in [2.45, 2.75) is 13.5 Å². The van der Waals surface area contributed by atoms with E-state index in [0.29, 0.717) is 6.61 Å². The summed E-state index contributed by atoms with van der Waals surface area (Å²) in [6, 6.07) is 16.0. The molecular formula is C15H16O2. The third-order valence-corrected chi connectivity index (χ3v) is 2.59. The Bertz CT molecular complexity index is 457. The first-order valence-electron chi connectivity index (χ1n) is 5.60. The van der Waals surface area contributed by atoms with Gasteiger partial charge in [-0.25, -0.2) is 0 Å². The van der Waals surface area contributed by atoms with Gasteiger partial charge in [-0.15, -0.1) is 0 Å². The maximum absolute atomic E-state index is 5.68. The van der Waals surface area contributed by atoms with E-state index in [9.17, 15) is 0 Å². The van der Waals surface area contributed by atoms with Crippen LogP contribution in [0.25, 0.3) is 0 Å². The van der Waals surface area contributed by atoms with Gasteiger partial charge in [-0.1, -0.05) is 29.8 Å². The zero-order valence-electron chi connectivity index (χ0n) is 10.1. The Hall–Kier alpha value is -1.96. The van der Waals surface area contributed by atoms with Crippen LogP contribution in [0.3, 0.4) is 0 Å². The van der Waals surface area contributed by atoms with Crippen molar-refractivity contribution in [1.82, 2.24) is 0 Å². The summed E-state index contributed by atoms with van der Waals surface area (Å²) in [5.74, 6) is 1.69. The zero-order valence-corrected chi connectivity index (χ0v) is 10.1. The van der Waals surface area contributed by atoms with Gasteiger partial charge in [0.2, 0.25) is 0 Å². The smallest absolute Gasteiger partial charge is 0.120 e. The molecule has 0 heterocycles. The summed E-state index contributed by atoms with van der Waals surface area (Å²) < 4.78 is 10.8. The van der Waals surface area contributed by atoms with Crippen LogP contribution in [0, 0.1) is 6.92 Å². The Kier molecular flexibility index (Phi) is 3.66. The van der Waals surface area contributed by atoms with E-state index in [-0.39, 0.29) is 0 Å². The molecule has 0 radical (unpaired) electrons. The minimum absolute atomic E-state index is 0.590. The summed E-state index contributed by atoms with van der Waals surface area (Å²) in [4.78, 5) is 0. The van der Waals surface area contributed by atoms with Crippen molar-refractivity contribution in [3.05, 3.63) is 59.7 Å². The van der Waals surface area contributed by atoms with Crippen molar-refractivity contribution in [2.75, 3.05) is 7.11 Å². The molecule has 2 aromatic rings. The molecule has 0 aliphatic carbocycles. The van der Waals surface area contributed by atoms with E-state index >= 15 is 0 Å². The number of ether oxygens (including phenoxy) is 2. The SMILES string of the molecule is COc1ccc(OCc2ccc(C)cc2)cc1. The molecule has 0 aliphatic rings. The van der Waals surface area contributed by atoms with Crippen LogP contribution in [-0.2, 0) is 6.61 Å². The van der Waals surface area contributed by atoms with E-state index in [1.54, 1.807) is 7.11 Å². The lowest BCUT2D eigenvalue weighted by Gasteiger charge is -2.07. The van der Waals surface area contributed by atoms with Crippen molar-refractivity contribution in [3.63, 3.8) is 0 Å².